The van der Waals surface area contributed by atoms with E-state index in [9.17, 15) is 47.8 Å². The summed E-state index contributed by atoms with van der Waals surface area (Å²) in [6.07, 6.45) is 2.91. The summed E-state index contributed by atoms with van der Waals surface area (Å²) in [6.45, 7) is 20.7. The second kappa shape index (κ2) is 30.3. The minimum Gasteiger partial charge on any atom is -0.465 e. The third-order valence-electron chi connectivity index (χ3n) is 15.7. The van der Waals surface area contributed by atoms with Gasteiger partial charge in [0, 0.05) is 94.5 Å². The fourth-order valence-corrected chi connectivity index (χ4v) is 24.9. The number of sulfonamides is 1. The normalized spacial score (nSPS) is 15.6. The fraction of sp³-hybridized carbons (Fsp3) is 0.453. The van der Waals surface area contributed by atoms with Crippen molar-refractivity contribution in [2.45, 2.75) is 127 Å². The summed E-state index contributed by atoms with van der Waals surface area (Å²) < 4.78 is 178. The number of hydrogen-bond donors (Lipinski definition) is 2. The first-order chi connectivity index (χ1) is 43.4. The topological polar surface area (TPSA) is 203 Å². The zero-order valence-corrected chi connectivity index (χ0v) is 62.4. The van der Waals surface area contributed by atoms with Gasteiger partial charge in [-0.2, -0.15) is 13.2 Å². The summed E-state index contributed by atoms with van der Waals surface area (Å²) in [5, 5.41) is 3.04. The molecule has 2 saturated heterocycles. The van der Waals surface area contributed by atoms with Gasteiger partial charge in [-0.3, -0.25) is 14.1 Å². The van der Waals surface area contributed by atoms with Crippen LogP contribution >= 0.6 is 41.9 Å². The van der Waals surface area contributed by atoms with Crippen molar-refractivity contribution in [3.05, 3.63) is 132 Å². The van der Waals surface area contributed by atoms with E-state index in [0.29, 0.717) is 111 Å². The molecule has 0 bridgehead atoms. The summed E-state index contributed by atoms with van der Waals surface area (Å²) in [5.41, 5.74) is -0.902. The number of hydrogen-bond acceptors (Lipinski definition) is 16. The summed E-state index contributed by atoms with van der Waals surface area (Å²) in [6, 6.07) is 30.0. The number of carbonyl (C=O) groups excluding carboxylic acids is 1. The highest BCUT2D eigenvalue weighted by Crippen LogP contribution is 2.53. The van der Waals surface area contributed by atoms with Crippen molar-refractivity contribution in [2.24, 2.45) is 5.92 Å². The van der Waals surface area contributed by atoms with Crippen LogP contribution in [0.3, 0.4) is 0 Å². The maximum absolute atomic E-state index is 15.9. The Labute approximate surface area is 565 Å². The van der Waals surface area contributed by atoms with Crippen LogP contribution in [0.1, 0.15) is 56.8 Å². The van der Waals surface area contributed by atoms with E-state index < -0.39 is 86.8 Å². The summed E-state index contributed by atoms with van der Waals surface area (Å²) in [4.78, 5) is 18.4. The van der Waals surface area contributed by atoms with Crippen LogP contribution in [-0.2, 0) is 56.6 Å². The predicted octanol–water partition coefficient (Wildman–Crippen LogP) is 15.1. The molecule has 6 aromatic rings. The lowest BCUT2D eigenvalue weighted by molar-refractivity contribution is -0.150. The molecule has 2 aliphatic rings. The molecule has 0 radical (unpaired) electrons. The van der Waals surface area contributed by atoms with E-state index in [1.165, 1.54) is 42.3 Å². The number of sulfone groups is 2. The number of rotatable bonds is 28. The minimum absolute atomic E-state index is 0.0564. The molecule has 2 aliphatic heterocycles. The Kier molecular flexibility index (Phi) is 24.2. The molecule has 0 unspecified atom stereocenters. The van der Waals surface area contributed by atoms with Gasteiger partial charge in [0.25, 0.3) is 19.9 Å². The fourth-order valence-electron chi connectivity index (χ4n) is 11.7. The maximum atomic E-state index is 15.9. The van der Waals surface area contributed by atoms with Gasteiger partial charge in [0.15, 0.2) is 26.5 Å². The van der Waals surface area contributed by atoms with Crippen LogP contribution < -0.4 is 19.8 Å². The van der Waals surface area contributed by atoms with Crippen LogP contribution in [0.2, 0.25) is 39.3 Å². The number of halogens is 5. The average molecular weight is 1530 g/mol. The highest BCUT2D eigenvalue weighted by molar-refractivity contribution is 14.1. The van der Waals surface area contributed by atoms with Gasteiger partial charge < -0.3 is 37.7 Å². The first-order valence-corrected chi connectivity index (χ1v) is 46.7. The number of ether oxygens (including phenoxy) is 1. The Morgan fingerprint density at radius 2 is 1.38 bits per heavy atom. The molecule has 1 aromatic heterocycles. The van der Waals surface area contributed by atoms with Crippen molar-refractivity contribution in [1.29, 1.82) is 0 Å². The molecule has 93 heavy (non-hydrogen) atoms. The number of benzene rings is 5. The van der Waals surface area contributed by atoms with Gasteiger partial charge in [0.2, 0.25) is 0 Å². The second-order valence-corrected chi connectivity index (χ2v) is 44.7. The molecular weight excluding hydrogens is 1450 g/mol. The van der Waals surface area contributed by atoms with Gasteiger partial charge in [-0.05, 0) is 188 Å². The van der Waals surface area contributed by atoms with Crippen LogP contribution in [0, 0.1) is 18.7 Å². The summed E-state index contributed by atoms with van der Waals surface area (Å²) in [7, 11) is -22.5. The molecule has 0 spiro atoms. The van der Waals surface area contributed by atoms with Crippen molar-refractivity contribution >= 4 is 117 Å². The number of piperazine rings is 1. The molecule has 1 atom stereocenters. The lowest BCUT2D eigenvalue weighted by Gasteiger charge is -2.37. The maximum Gasteiger partial charge on any atom is 0.501 e. The minimum atomic E-state index is -6.13. The van der Waals surface area contributed by atoms with E-state index >= 15 is 4.39 Å². The Bertz CT molecular complexity index is 3980. The number of piperidine rings is 1. The quantitative estimate of drug-likeness (QED) is 0.00685. The zero-order chi connectivity index (χ0) is 68.1. The lowest BCUT2D eigenvalue weighted by Crippen LogP contribution is -2.46. The molecule has 8 rings (SSSR count). The molecule has 5 aromatic carbocycles. The van der Waals surface area contributed by atoms with Gasteiger partial charge in [0.05, 0.1) is 39.9 Å². The highest BCUT2D eigenvalue weighted by Gasteiger charge is 2.49. The van der Waals surface area contributed by atoms with Crippen LogP contribution in [0.15, 0.2) is 135 Å². The molecule has 29 heteroatoms. The SMILES string of the molecule is Cc1c(S(C)(=O)=O)c(-c2cc(F)cc(N3CCN(c4ccc(NS(=O)(=O)c5ccc(N[C@H](CCN6CCC(C(=O)OCCCP(=O)(O[Si](C)(C)C)O[Si](C)(C)C)CC6)CSc6ccccc6)c(S(=O)(=O)C(F)(F)F)c5)cc4)CC3)c2)c(-c2ccc(CI)cc2)n1C(C)C. The summed E-state index contributed by atoms with van der Waals surface area (Å²) in [5.74, 6) is -0.980. The van der Waals surface area contributed by atoms with Gasteiger partial charge >= 0.3 is 19.1 Å². The van der Waals surface area contributed by atoms with Crippen molar-refractivity contribution < 1.29 is 65.3 Å². The third kappa shape index (κ3) is 19.5. The molecule has 17 nitrogen and oxygen atoms in total. The van der Waals surface area contributed by atoms with E-state index in [4.69, 9.17) is 13.2 Å². The average Bonchev–Trinajstić information content (AvgIpc) is 1.63. The van der Waals surface area contributed by atoms with Crippen LogP contribution in [-0.4, -0.2) is 139 Å². The third-order valence-corrected chi connectivity index (χ3v) is 29.4. The second-order valence-electron chi connectivity index (χ2n) is 25.8. The number of nitrogens with one attached hydrogen (secondary N) is 2. The molecular formula is C64H84F4IN6O11PS4Si2. The predicted molar refractivity (Wildman–Crippen MR) is 378 cm³/mol. The number of anilines is 4. The number of thioether (sulfide) groups is 1. The molecule has 2 N–H and O–H groups in total. The molecule has 0 saturated carbocycles. The van der Waals surface area contributed by atoms with Gasteiger partial charge in [-0.25, -0.2) is 29.6 Å². The Morgan fingerprint density at radius 3 is 1.94 bits per heavy atom. The molecule has 3 heterocycles. The summed E-state index contributed by atoms with van der Waals surface area (Å²) >= 11 is 3.70. The zero-order valence-electron chi connectivity index (χ0n) is 54.1. The number of nitrogens with zero attached hydrogens (tertiary/aromatic N) is 4. The van der Waals surface area contributed by atoms with Crippen LogP contribution in [0.5, 0.6) is 0 Å². The first kappa shape index (κ1) is 74.0. The Balaban J connectivity index is 0.926. The smallest absolute Gasteiger partial charge is 0.465 e. The number of carbonyl (C=O) groups is 1. The van der Waals surface area contributed by atoms with Gasteiger partial charge in [-0.1, -0.05) is 65.1 Å². The Hall–Kier alpha value is -4.76. The van der Waals surface area contributed by atoms with E-state index in [1.807, 2.05) is 123 Å². The van der Waals surface area contributed by atoms with Crippen molar-refractivity contribution in [3.63, 3.8) is 0 Å². The Morgan fingerprint density at radius 1 is 0.774 bits per heavy atom. The van der Waals surface area contributed by atoms with Crippen LogP contribution in [0.25, 0.3) is 22.4 Å². The van der Waals surface area contributed by atoms with E-state index in [-0.39, 0.29) is 47.0 Å². The monoisotopic (exact) mass is 1530 g/mol. The van der Waals surface area contributed by atoms with E-state index in [1.54, 1.807) is 19.1 Å². The van der Waals surface area contributed by atoms with E-state index in [0.717, 1.165) is 32.6 Å². The first-order valence-electron chi connectivity index (χ1n) is 30.8. The van der Waals surface area contributed by atoms with Crippen molar-refractivity contribution in [2.75, 3.05) is 90.4 Å². The largest absolute Gasteiger partial charge is 0.501 e. The molecule has 0 aliphatic carbocycles. The van der Waals surface area contributed by atoms with Crippen molar-refractivity contribution in [1.82, 2.24) is 9.47 Å². The van der Waals surface area contributed by atoms with Gasteiger partial charge in [-0.15, -0.1) is 11.8 Å². The number of esters is 1. The lowest BCUT2D eigenvalue weighted by atomic mass is 9.96. The standard InChI is InChI=1S/C64H84F4IN6O11PS4Si2/c1-45(2)75-46(3)62(89(4,78)79)60(61(75)48-19-17-47(43-69)18-20-48)50-39-51(65)41-55(40-50)74-35-33-73(34-36-74)54-23-21-52(22-24-54)71-91(82,83)57-25-26-58(59(42-57)90(80,81)64(66,67)68)70-53(44-88-56-15-12-11-13-16-56)29-32-72-30-27-49(28-31-72)63(76)84-37-14-38-87(77,85-92(5,6)7)86-93(8,9)10/h11-13,15-26,39-42,45,49,53,70-71H,14,27-38,43-44H2,1-10H3/t53-/m1/s1. The van der Waals surface area contributed by atoms with Crippen LogP contribution in [0.4, 0.5) is 40.3 Å². The highest BCUT2D eigenvalue weighted by atomic mass is 127. The molecule has 508 valence electrons. The van der Waals surface area contributed by atoms with E-state index in [2.05, 4.69) is 42.4 Å². The molecule has 0 amide bonds. The number of likely N-dealkylation sites (tertiary alicyclic amines) is 1. The number of alkyl halides is 4. The van der Waals surface area contributed by atoms with Gasteiger partial charge in [0.1, 0.15) is 10.7 Å². The van der Waals surface area contributed by atoms with Crippen molar-refractivity contribution in [3.8, 4) is 22.4 Å². The molecule has 2 fully saturated rings. The number of aromatic nitrogens is 1.